The van der Waals surface area contributed by atoms with Gasteiger partial charge in [-0.1, -0.05) is 31.2 Å². The van der Waals surface area contributed by atoms with Crippen molar-refractivity contribution in [1.29, 1.82) is 0 Å². The molecule has 4 rings (SSSR count). The van der Waals surface area contributed by atoms with Crippen LogP contribution in [0, 0.1) is 0 Å². The van der Waals surface area contributed by atoms with Crippen LogP contribution in [0.4, 0.5) is 5.82 Å². The van der Waals surface area contributed by atoms with Crippen LogP contribution in [-0.2, 0) is 4.79 Å². The molecule has 3 heterocycles. The topological polar surface area (TPSA) is 71.0 Å². The molecule has 28 heavy (non-hydrogen) atoms. The summed E-state index contributed by atoms with van der Waals surface area (Å²) in [5.41, 5.74) is 4.88. The van der Waals surface area contributed by atoms with Crippen LogP contribution < -0.4 is 5.32 Å². The second-order valence-electron chi connectivity index (χ2n) is 7.16. The molecule has 0 spiro atoms. The van der Waals surface area contributed by atoms with Gasteiger partial charge in [0.15, 0.2) is 5.82 Å². The van der Waals surface area contributed by atoms with Gasteiger partial charge in [-0.3, -0.25) is 9.78 Å². The zero-order valence-electron chi connectivity index (χ0n) is 16.4. The molecule has 1 aliphatic rings. The van der Waals surface area contributed by atoms with Crippen molar-refractivity contribution in [3.05, 3.63) is 48.3 Å². The molecule has 1 aromatic carbocycles. The highest BCUT2D eigenvalue weighted by Gasteiger charge is 2.23. The quantitative estimate of drug-likeness (QED) is 0.750. The highest BCUT2D eigenvalue weighted by molar-refractivity contribution is 5.88. The summed E-state index contributed by atoms with van der Waals surface area (Å²) in [5.74, 6) is 1.51. The lowest BCUT2D eigenvalue weighted by Gasteiger charge is -2.32. The first kappa shape index (κ1) is 18.3. The third kappa shape index (κ3) is 3.54. The monoisotopic (exact) mass is 375 g/mol. The minimum absolute atomic E-state index is 0.264. The number of likely N-dealkylation sites (tertiary alicyclic amines) is 1. The second-order valence-corrected chi connectivity index (χ2v) is 7.16. The fraction of sp³-hybridized carbons (Fsp3) is 0.364. The van der Waals surface area contributed by atoms with E-state index in [0.717, 1.165) is 54.0 Å². The second kappa shape index (κ2) is 7.92. The van der Waals surface area contributed by atoms with Gasteiger partial charge in [0.25, 0.3) is 0 Å². The molecule has 0 unspecified atom stereocenters. The van der Waals surface area contributed by atoms with Gasteiger partial charge < -0.3 is 10.2 Å². The summed E-state index contributed by atoms with van der Waals surface area (Å²) in [6.07, 6.45) is 6.03. The molecule has 6 heteroatoms. The van der Waals surface area contributed by atoms with E-state index < -0.39 is 0 Å². The Morgan fingerprint density at radius 1 is 1.14 bits per heavy atom. The van der Waals surface area contributed by atoms with Crippen molar-refractivity contribution in [1.82, 2.24) is 19.9 Å². The summed E-state index contributed by atoms with van der Waals surface area (Å²) in [5, 5.41) is 3.12. The number of rotatable bonds is 4. The number of pyridine rings is 1. The van der Waals surface area contributed by atoms with Gasteiger partial charge in [0.2, 0.25) is 5.91 Å². The van der Waals surface area contributed by atoms with Crippen molar-refractivity contribution < 1.29 is 4.79 Å². The molecular weight excluding hydrogens is 350 g/mol. The number of amides is 1. The van der Waals surface area contributed by atoms with E-state index >= 15 is 0 Å². The summed E-state index contributed by atoms with van der Waals surface area (Å²) in [7, 11) is 1.85. The first-order valence-electron chi connectivity index (χ1n) is 9.87. The van der Waals surface area contributed by atoms with Crippen molar-refractivity contribution in [3.63, 3.8) is 0 Å². The normalized spacial score (nSPS) is 15.0. The van der Waals surface area contributed by atoms with E-state index in [1.165, 1.54) is 5.56 Å². The third-order valence-corrected chi connectivity index (χ3v) is 5.52. The molecule has 1 saturated heterocycles. The van der Waals surface area contributed by atoms with Crippen molar-refractivity contribution in [2.24, 2.45) is 0 Å². The average molecular weight is 375 g/mol. The largest absolute Gasteiger partial charge is 0.371 e. The third-order valence-electron chi connectivity index (χ3n) is 5.52. The highest BCUT2D eigenvalue weighted by atomic mass is 16.2. The van der Waals surface area contributed by atoms with Gasteiger partial charge in [0, 0.05) is 44.5 Å². The molecule has 0 saturated carbocycles. The zero-order valence-corrected chi connectivity index (χ0v) is 16.4. The van der Waals surface area contributed by atoms with Crippen LogP contribution in [0.25, 0.3) is 22.3 Å². The van der Waals surface area contributed by atoms with Crippen molar-refractivity contribution in [2.75, 3.05) is 25.5 Å². The van der Waals surface area contributed by atoms with Crippen molar-refractivity contribution in [3.8, 4) is 11.3 Å². The maximum atomic E-state index is 11.9. The zero-order chi connectivity index (χ0) is 19.5. The van der Waals surface area contributed by atoms with Gasteiger partial charge in [-0.05, 0) is 30.4 Å². The van der Waals surface area contributed by atoms with E-state index in [9.17, 15) is 4.79 Å². The maximum absolute atomic E-state index is 11.9. The van der Waals surface area contributed by atoms with Gasteiger partial charge in [0.05, 0.1) is 11.2 Å². The number of piperidine rings is 1. The summed E-state index contributed by atoms with van der Waals surface area (Å²) in [6, 6.07) is 10.6. The molecule has 0 atom stereocenters. The smallest absolute Gasteiger partial charge is 0.222 e. The Morgan fingerprint density at radius 3 is 2.54 bits per heavy atom. The van der Waals surface area contributed by atoms with Gasteiger partial charge in [-0.2, -0.15) is 0 Å². The number of nitrogens with one attached hydrogen (secondary N) is 1. The van der Waals surface area contributed by atoms with Gasteiger partial charge in [-0.15, -0.1) is 0 Å². The van der Waals surface area contributed by atoms with E-state index in [-0.39, 0.29) is 5.91 Å². The van der Waals surface area contributed by atoms with Gasteiger partial charge >= 0.3 is 0 Å². The lowest BCUT2D eigenvalue weighted by molar-refractivity contribution is -0.131. The number of hydrogen-bond donors (Lipinski definition) is 1. The number of carbonyl (C=O) groups is 1. The molecule has 2 aromatic heterocycles. The van der Waals surface area contributed by atoms with E-state index in [2.05, 4.69) is 39.6 Å². The number of fused-ring (bicyclic) bond motifs is 1. The number of nitrogens with zero attached hydrogens (tertiary/aromatic N) is 4. The Hall–Kier alpha value is -3.02. The Balaban J connectivity index is 1.54. The number of benzene rings is 1. The Morgan fingerprint density at radius 2 is 1.86 bits per heavy atom. The van der Waals surface area contributed by atoms with Crippen LogP contribution in [0.15, 0.2) is 42.7 Å². The van der Waals surface area contributed by atoms with E-state index in [4.69, 9.17) is 4.98 Å². The Labute approximate surface area is 165 Å². The molecule has 1 fully saturated rings. The minimum atomic E-state index is 0.264. The van der Waals surface area contributed by atoms with E-state index in [1.54, 1.807) is 12.4 Å². The standard InChI is InChI=1S/C22H25N5O/c1-3-20(28)27-12-8-16(9-13-27)15-4-6-17(7-5-15)18-14-19-21(22(23-2)26-18)25-11-10-24-19/h4-7,10-11,14,16H,3,8-9,12-13H2,1-2H3,(H,23,26). The molecular formula is C22H25N5O. The summed E-state index contributed by atoms with van der Waals surface area (Å²) in [4.78, 5) is 27.4. The van der Waals surface area contributed by atoms with Crippen LogP contribution in [0.2, 0.25) is 0 Å². The van der Waals surface area contributed by atoms with E-state index in [0.29, 0.717) is 12.3 Å². The Kier molecular flexibility index (Phi) is 5.19. The molecule has 144 valence electrons. The lowest BCUT2D eigenvalue weighted by Crippen LogP contribution is -2.37. The van der Waals surface area contributed by atoms with Crippen molar-refractivity contribution in [2.45, 2.75) is 32.1 Å². The van der Waals surface area contributed by atoms with E-state index in [1.807, 2.05) is 24.9 Å². The summed E-state index contributed by atoms with van der Waals surface area (Å²) < 4.78 is 0. The summed E-state index contributed by atoms with van der Waals surface area (Å²) in [6.45, 7) is 3.64. The molecule has 6 nitrogen and oxygen atoms in total. The van der Waals surface area contributed by atoms with Crippen LogP contribution in [0.5, 0.6) is 0 Å². The first-order chi connectivity index (χ1) is 13.7. The maximum Gasteiger partial charge on any atom is 0.222 e. The molecule has 1 aliphatic heterocycles. The predicted octanol–water partition coefficient (Wildman–Crippen LogP) is 3.85. The first-order valence-corrected chi connectivity index (χ1v) is 9.87. The fourth-order valence-electron chi connectivity index (χ4n) is 3.91. The van der Waals surface area contributed by atoms with Gasteiger partial charge in [0.1, 0.15) is 5.52 Å². The molecule has 0 radical (unpaired) electrons. The fourth-order valence-corrected chi connectivity index (χ4v) is 3.91. The number of hydrogen-bond acceptors (Lipinski definition) is 5. The summed E-state index contributed by atoms with van der Waals surface area (Å²) >= 11 is 0. The molecule has 1 amide bonds. The molecule has 1 N–H and O–H groups in total. The van der Waals surface area contributed by atoms with Crippen molar-refractivity contribution >= 4 is 22.8 Å². The molecule has 0 aliphatic carbocycles. The van der Waals surface area contributed by atoms with Crippen LogP contribution in [0.1, 0.15) is 37.7 Å². The number of anilines is 1. The lowest BCUT2D eigenvalue weighted by atomic mass is 9.88. The predicted molar refractivity (Wildman–Crippen MR) is 111 cm³/mol. The number of aromatic nitrogens is 3. The van der Waals surface area contributed by atoms with Crippen LogP contribution in [0.3, 0.4) is 0 Å². The molecule has 3 aromatic rings. The Bertz CT molecular complexity index is 978. The highest BCUT2D eigenvalue weighted by Crippen LogP contribution is 2.31. The minimum Gasteiger partial charge on any atom is -0.371 e. The SMILES string of the molecule is CCC(=O)N1CCC(c2ccc(-c3cc4nccnc4c(NC)n3)cc2)CC1. The van der Waals surface area contributed by atoms with Crippen LogP contribution >= 0.6 is 0 Å². The average Bonchev–Trinajstić information content (AvgIpc) is 2.78. The van der Waals surface area contributed by atoms with Gasteiger partial charge in [-0.25, -0.2) is 9.97 Å². The van der Waals surface area contributed by atoms with Crippen LogP contribution in [-0.4, -0.2) is 45.9 Å². The number of carbonyl (C=O) groups excluding carboxylic acids is 1. The molecule has 0 bridgehead atoms.